The topological polar surface area (TPSA) is 67.6 Å². The maximum Gasteiger partial charge on any atom is 0.290 e. The van der Waals surface area contributed by atoms with Crippen molar-refractivity contribution in [2.24, 2.45) is 0 Å². The fourth-order valence-corrected chi connectivity index (χ4v) is 2.31. The van der Waals surface area contributed by atoms with Crippen LogP contribution in [0.3, 0.4) is 0 Å². The Morgan fingerprint density at radius 1 is 1.26 bits per heavy atom. The number of benzene rings is 1. The number of rotatable bonds is 5. The molecule has 1 aromatic carbocycles. The highest BCUT2D eigenvalue weighted by Gasteiger charge is 2.18. The van der Waals surface area contributed by atoms with Crippen LogP contribution in [0, 0.1) is 0 Å². The maximum absolute atomic E-state index is 12.0. The van der Waals surface area contributed by atoms with Crippen LogP contribution in [0.2, 0.25) is 0 Å². The summed E-state index contributed by atoms with van der Waals surface area (Å²) in [6.07, 6.45) is 3.85. The van der Waals surface area contributed by atoms with Crippen LogP contribution in [-0.4, -0.2) is 43.9 Å². The molecule has 1 N–H and O–H groups in total. The number of carbonyl (C=O) groups is 1. The van der Waals surface area contributed by atoms with Crippen molar-refractivity contribution in [2.45, 2.75) is 0 Å². The van der Waals surface area contributed by atoms with Gasteiger partial charge in [-0.25, -0.2) is 0 Å². The molecule has 1 fully saturated rings. The summed E-state index contributed by atoms with van der Waals surface area (Å²) in [4.78, 5) is 14.1. The molecule has 0 aliphatic carbocycles. The van der Waals surface area contributed by atoms with E-state index in [4.69, 9.17) is 9.26 Å². The fraction of sp³-hybridized carbons (Fsp3) is 0.294. The Bertz CT molecular complexity index is 661. The Morgan fingerprint density at radius 3 is 2.83 bits per heavy atom. The first-order valence-corrected chi connectivity index (χ1v) is 7.62. The molecule has 1 aliphatic rings. The Hall–Kier alpha value is -2.60. The van der Waals surface area contributed by atoms with Gasteiger partial charge in [-0.05, 0) is 5.56 Å². The number of hydrogen-bond acceptors (Lipinski definition) is 5. The van der Waals surface area contributed by atoms with Gasteiger partial charge in [-0.1, -0.05) is 47.6 Å². The average Bonchev–Trinajstić information content (AvgIpc) is 3.10. The second-order valence-electron chi connectivity index (χ2n) is 5.17. The highest BCUT2D eigenvalue weighted by atomic mass is 16.5. The second-order valence-corrected chi connectivity index (χ2v) is 5.17. The number of nitrogens with zero attached hydrogens (tertiary/aromatic N) is 2. The molecule has 0 bridgehead atoms. The fourth-order valence-electron chi connectivity index (χ4n) is 2.31. The third-order valence-electron chi connectivity index (χ3n) is 3.55. The first-order chi connectivity index (χ1) is 11.3. The molecule has 0 spiro atoms. The van der Waals surface area contributed by atoms with Crippen molar-refractivity contribution in [2.75, 3.05) is 37.7 Å². The van der Waals surface area contributed by atoms with Crippen LogP contribution < -0.4 is 10.2 Å². The SMILES string of the molecule is O=C(NC/C=C/c1ccccc1)c1cc(N2CCOCC2)no1. The lowest BCUT2D eigenvalue weighted by Crippen LogP contribution is -2.36. The molecule has 23 heavy (non-hydrogen) atoms. The van der Waals surface area contributed by atoms with Crippen molar-refractivity contribution in [1.82, 2.24) is 10.5 Å². The smallest absolute Gasteiger partial charge is 0.290 e. The van der Waals surface area contributed by atoms with E-state index in [9.17, 15) is 4.79 Å². The highest BCUT2D eigenvalue weighted by molar-refractivity contribution is 5.92. The van der Waals surface area contributed by atoms with Crippen LogP contribution >= 0.6 is 0 Å². The van der Waals surface area contributed by atoms with Crippen LogP contribution in [0.1, 0.15) is 16.1 Å². The summed E-state index contributed by atoms with van der Waals surface area (Å²) in [5.41, 5.74) is 1.09. The molecule has 0 unspecified atom stereocenters. The van der Waals surface area contributed by atoms with Gasteiger partial charge in [0.2, 0.25) is 5.76 Å². The average molecular weight is 313 g/mol. The molecule has 6 heteroatoms. The number of carbonyl (C=O) groups excluding carboxylic acids is 1. The van der Waals surface area contributed by atoms with Gasteiger partial charge in [-0.2, -0.15) is 0 Å². The largest absolute Gasteiger partial charge is 0.378 e. The lowest BCUT2D eigenvalue weighted by molar-refractivity contribution is 0.0921. The minimum Gasteiger partial charge on any atom is -0.378 e. The summed E-state index contributed by atoms with van der Waals surface area (Å²) in [5, 5.41) is 6.74. The zero-order valence-electron chi connectivity index (χ0n) is 12.8. The van der Waals surface area contributed by atoms with Gasteiger partial charge in [-0.15, -0.1) is 0 Å². The van der Waals surface area contributed by atoms with E-state index in [0.717, 1.165) is 18.7 Å². The van der Waals surface area contributed by atoms with Crippen molar-refractivity contribution in [3.8, 4) is 0 Å². The van der Waals surface area contributed by atoms with E-state index in [1.54, 1.807) is 6.07 Å². The van der Waals surface area contributed by atoms with Crippen LogP contribution in [0.4, 0.5) is 5.82 Å². The van der Waals surface area contributed by atoms with E-state index in [1.165, 1.54) is 0 Å². The number of ether oxygens (including phenoxy) is 1. The Balaban J connectivity index is 1.50. The second kappa shape index (κ2) is 7.60. The predicted molar refractivity (Wildman–Crippen MR) is 87.3 cm³/mol. The van der Waals surface area contributed by atoms with Crippen LogP contribution in [0.15, 0.2) is 47.0 Å². The summed E-state index contributed by atoms with van der Waals surface area (Å²) < 4.78 is 10.4. The van der Waals surface area contributed by atoms with E-state index in [2.05, 4.69) is 10.5 Å². The molecular weight excluding hydrogens is 294 g/mol. The van der Waals surface area contributed by atoms with Crippen LogP contribution in [0.5, 0.6) is 0 Å². The standard InChI is InChI=1S/C17H19N3O3/c21-17(18-8-4-7-14-5-2-1-3-6-14)15-13-16(19-23-15)20-9-11-22-12-10-20/h1-7,13H,8-12H2,(H,18,21)/b7-4+. The van der Waals surface area contributed by atoms with Gasteiger partial charge in [0.25, 0.3) is 5.91 Å². The Kier molecular flexibility index (Phi) is 5.06. The zero-order valence-corrected chi connectivity index (χ0v) is 12.8. The summed E-state index contributed by atoms with van der Waals surface area (Å²) in [5.74, 6) is 0.632. The van der Waals surface area contributed by atoms with Crippen LogP contribution in [0.25, 0.3) is 6.08 Å². The monoisotopic (exact) mass is 313 g/mol. The van der Waals surface area contributed by atoms with Gasteiger partial charge in [0.05, 0.1) is 13.2 Å². The summed E-state index contributed by atoms with van der Waals surface area (Å²) >= 11 is 0. The predicted octanol–water partition coefficient (Wildman–Crippen LogP) is 1.95. The number of morpholine rings is 1. The van der Waals surface area contributed by atoms with Crippen LogP contribution in [-0.2, 0) is 4.74 Å². The molecule has 1 amide bonds. The minimum absolute atomic E-state index is 0.222. The summed E-state index contributed by atoms with van der Waals surface area (Å²) in [7, 11) is 0. The molecule has 0 saturated carbocycles. The van der Waals surface area contributed by atoms with Crippen molar-refractivity contribution in [1.29, 1.82) is 0 Å². The molecule has 3 rings (SSSR count). The van der Waals surface area contributed by atoms with Crippen molar-refractivity contribution in [3.05, 3.63) is 53.8 Å². The minimum atomic E-state index is -0.269. The van der Waals surface area contributed by atoms with Crippen molar-refractivity contribution >= 4 is 17.8 Å². The first kappa shape index (κ1) is 15.3. The molecule has 2 heterocycles. The highest BCUT2D eigenvalue weighted by Crippen LogP contribution is 2.15. The molecule has 120 valence electrons. The normalized spacial score (nSPS) is 15.0. The zero-order chi connectivity index (χ0) is 15.9. The molecular formula is C17H19N3O3. The number of aromatic nitrogens is 1. The van der Waals surface area contributed by atoms with Gasteiger partial charge in [0.1, 0.15) is 0 Å². The molecule has 1 aromatic heterocycles. The number of hydrogen-bond donors (Lipinski definition) is 1. The number of amides is 1. The van der Waals surface area contributed by atoms with E-state index in [-0.39, 0.29) is 11.7 Å². The van der Waals surface area contributed by atoms with Crippen molar-refractivity contribution in [3.63, 3.8) is 0 Å². The molecule has 0 atom stereocenters. The Morgan fingerprint density at radius 2 is 2.04 bits per heavy atom. The third kappa shape index (κ3) is 4.20. The molecule has 2 aromatic rings. The quantitative estimate of drug-likeness (QED) is 0.914. The van der Waals surface area contributed by atoms with E-state index < -0.39 is 0 Å². The number of anilines is 1. The Labute approximate surface area is 134 Å². The van der Waals surface area contributed by atoms with Gasteiger partial charge in [0, 0.05) is 25.7 Å². The summed E-state index contributed by atoms with van der Waals surface area (Å²) in [6, 6.07) is 11.6. The van der Waals surface area contributed by atoms with Gasteiger partial charge in [0.15, 0.2) is 5.82 Å². The van der Waals surface area contributed by atoms with Gasteiger partial charge < -0.3 is 19.5 Å². The lowest BCUT2D eigenvalue weighted by Gasteiger charge is -2.25. The molecule has 6 nitrogen and oxygen atoms in total. The van der Waals surface area contributed by atoms with Gasteiger partial charge in [-0.3, -0.25) is 4.79 Å². The van der Waals surface area contributed by atoms with Crippen molar-refractivity contribution < 1.29 is 14.1 Å². The van der Waals surface area contributed by atoms with Gasteiger partial charge >= 0.3 is 0 Å². The maximum atomic E-state index is 12.0. The molecule has 1 aliphatic heterocycles. The van der Waals surface area contributed by atoms with E-state index in [0.29, 0.717) is 25.6 Å². The molecule has 0 radical (unpaired) electrons. The molecule has 1 saturated heterocycles. The van der Waals surface area contributed by atoms with E-state index in [1.807, 2.05) is 47.4 Å². The summed E-state index contributed by atoms with van der Waals surface area (Å²) in [6.45, 7) is 3.28. The van der Waals surface area contributed by atoms with E-state index >= 15 is 0 Å². The first-order valence-electron chi connectivity index (χ1n) is 7.62. The lowest BCUT2D eigenvalue weighted by atomic mass is 10.2. The number of nitrogens with one attached hydrogen (secondary N) is 1. The third-order valence-corrected chi connectivity index (χ3v) is 3.55.